The van der Waals surface area contributed by atoms with E-state index in [9.17, 15) is 14.7 Å². The molecule has 0 aliphatic heterocycles. The average Bonchev–Trinajstić information content (AvgIpc) is 2.49. The summed E-state index contributed by atoms with van der Waals surface area (Å²) in [4.78, 5) is 23.2. The van der Waals surface area contributed by atoms with Crippen molar-refractivity contribution in [3.8, 4) is 0 Å². The minimum absolute atomic E-state index is 0.0888. The summed E-state index contributed by atoms with van der Waals surface area (Å²) in [5.41, 5.74) is -0.0324. The average molecular weight is 341 g/mol. The number of hydrogen-bond donors (Lipinski definition) is 1. The molecular formula is C15H17ClN2O5. The van der Waals surface area contributed by atoms with Crippen molar-refractivity contribution in [3.63, 3.8) is 0 Å². The Morgan fingerprint density at radius 1 is 1.13 bits per heavy atom. The van der Waals surface area contributed by atoms with Crippen LogP contribution in [0.4, 0.5) is 5.69 Å². The Kier molecular flexibility index (Phi) is 7.76. The van der Waals surface area contributed by atoms with Crippen LogP contribution in [0, 0.1) is 0 Å². The maximum Gasteiger partial charge on any atom is 0.362 e. The van der Waals surface area contributed by atoms with Gasteiger partial charge in [0.2, 0.25) is 5.70 Å². The largest absolute Gasteiger partial charge is 0.509 e. The third-order valence-corrected chi connectivity index (χ3v) is 2.70. The summed E-state index contributed by atoms with van der Waals surface area (Å²) >= 11 is 5.76. The highest BCUT2D eigenvalue weighted by molar-refractivity contribution is 6.30. The number of hydrogen-bond acceptors (Lipinski definition) is 7. The number of rotatable bonds is 7. The number of benzene rings is 1. The van der Waals surface area contributed by atoms with Crippen molar-refractivity contribution in [3.05, 3.63) is 40.7 Å². The number of aliphatic hydroxyl groups excluding tert-OH is 1. The highest BCUT2D eigenvalue weighted by Gasteiger charge is 2.19. The van der Waals surface area contributed by atoms with Crippen LogP contribution >= 0.6 is 11.6 Å². The second kappa shape index (κ2) is 9.58. The number of ether oxygens (including phenoxy) is 2. The van der Waals surface area contributed by atoms with Crippen LogP contribution in [0.15, 0.2) is 46.0 Å². The molecule has 0 aliphatic carbocycles. The van der Waals surface area contributed by atoms with Gasteiger partial charge in [0.05, 0.1) is 18.9 Å². The van der Waals surface area contributed by atoms with Gasteiger partial charge >= 0.3 is 11.9 Å². The first kappa shape index (κ1) is 18.6. The van der Waals surface area contributed by atoms with Crippen molar-refractivity contribution in [2.45, 2.75) is 20.3 Å². The van der Waals surface area contributed by atoms with Crippen LogP contribution in [-0.4, -0.2) is 30.3 Å². The van der Waals surface area contributed by atoms with Crippen molar-refractivity contribution in [1.29, 1.82) is 0 Å². The van der Waals surface area contributed by atoms with E-state index in [1.54, 1.807) is 38.1 Å². The monoisotopic (exact) mass is 340 g/mol. The predicted molar refractivity (Wildman–Crippen MR) is 83.5 cm³/mol. The van der Waals surface area contributed by atoms with Gasteiger partial charge in [-0.1, -0.05) is 11.6 Å². The molecule has 23 heavy (non-hydrogen) atoms. The molecule has 0 unspecified atom stereocenters. The van der Waals surface area contributed by atoms with Gasteiger partial charge in [-0.3, -0.25) is 4.79 Å². The summed E-state index contributed by atoms with van der Waals surface area (Å²) < 4.78 is 9.50. The zero-order valence-corrected chi connectivity index (χ0v) is 13.5. The molecule has 0 aromatic heterocycles. The molecule has 0 saturated carbocycles. The first-order valence-corrected chi connectivity index (χ1v) is 7.27. The number of carbonyl (C=O) groups excluding carboxylic acids is 2. The molecule has 0 heterocycles. The molecule has 0 atom stereocenters. The summed E-state index contributed by atoms with van der Waals surface area (Å²) in [6.07, 6.45) is -0.498. The Morgan fingerprint density at radius 2 is 1.74 bits per heavy atom. The molecule has 0 fully saturated rings. The number of halogens is 1. The van der Waals surface area contributed by atoms with Gasteiger partial charge in [0.15, 0.2) is 0 Å². The lowest BCUT2D eigenvalue weighted by Gasteiger charge is -2.05. The first-order chi connectivity index (χ1) is 11.0. The Labute approximate surface area is 138 Å². The molecule has 1 rings (SSSR count). The van der Waals surface area contributed by atoms with E-state index in [0.717, 1.165) is 0 Å². The van der Waals surface area contributed by atoms with Crippen LogP contribution < -0.4 is 0 Å². The van der Waals surface area contributed by atoms with Crippen LogP contribution in [-0.2, 0) is 19.1 Å². The highest BCUT2D eigenvalue weighted by Crippen LogP contribution is 2.19. The van der Waals surface area contributed by atoms with Crippen molar-refractivity contribution < 1.29 is 24.2 Å². The molecule has 0 aliphatic rings. The fourth-order valence-electron chi connectivity index (χ4n) is 1.46. The molecule has 0 saturated heterocycles. The normalized spacial score (nSPS) is 12.0. The highest BCUT2D eigenvalue weighted by atomic mass is 35.5. The molecule has 7 nitrogen and oxygen atoms in total. The van der Waals surface area contributed by atoms with Crippen LogP contribution in [0.5, 0.6) is 0 Å². The van der Waals surface area contributed by atoms with Crippen molar-refractivity contribution in [2.75, 3.05) is 13.2 Å². The Hall–Kier alpha value is -2.41. The van der Waals surface area contributed by atoms with Crippen molar-refractivity contribution in [1.82, 2.24) is 0 Å². The van der Waals surface area contributed by atoms with E-state index in [1.807, 2.05) is 0 Å². The lowest BCUT2D eigenvalue weighted by atomic mass is 10.3. The summed E-state index contributed by atoms with van der Waals surface area (Å²) in [5, 5.41) is 18.0. The van der Waals surface area contributed by atoms with Gasteiger partial charge in [0.25, 0.3) is 0 Å². The van der Waals surface area contributed by atoms with E-state index >= 15 is 0 Å². The fourth-order valence-corrected chi connectivity index (χ4v) is 1.59. The predicted octanol–water partition coefficient (Wildman–Crippen LogP) is 3.71. The van der Waals surface area contributed by atoms with Crippen LogP contribution in [0.2, 0.25) is 5.02 Å². The fraction of sp³-hybridized carbons (Fsp3) is 0.333. The number of azo groups is 1. The summed E-state index contributed by atoms with van der Waals surface area (Å²) in [7, 11) is 0. The molecule has 8 heteroatoms. The number of esters is 2. The Balaban J connectivity index is 3.01. The van der Waals surface area contributed by atoms with Crippen molar-refractivity contribution in [2.24, 2.45) is 10.2 Å². The standard InChI is InChI=1S/C15H17ClN2O5/c1-3-22-13(20)9-12(19)14(15(21)23-4-2)18-17-11-7-5-10(16)6-8-11/h5-8,19H,3-4,9H2,1-2H3/b14-12-,18-17?. The molecule has 0 spiro atoms. The smallest absolute Gasteiger partial charge is 0.362 e. The van der Waals surface area contributed by atoms with Gasteiger partial charge in [-0.2, -0.15) is 5.11 Å². The third kappa shape index (κ3) is 6.48. The Bertz CT molecular complexity index is 611. The molecule has 0 amide bonds. The zero-order valence-electron chi connectivity index (χ0n) is 12.8. The van der Waals surface area contributed by atoms with Gasteiger partial charge in [0.1, 0.15) is 12.2 Å². The lowest BCUT2D eigenvalue weighted by Crippen LogP contribution is -2.12. The van der Waals surface area contributed by atoms with Gasteiger partial charge in [-0.15, -0.1) is 5.11 Å². The molecule has 1 N–H and O–H groups in total. The molecule has 0 radical (unpaired) electrons. The topological polar surface area (TPSA) is 97.5 Å². The lowest BCUT2D eigenvalue weighted by molar-refractivity contribution is -0.142. The van der Waals surface area contributed by atoms with Crippen LogP contribution in [0.3, 0.4) is 0 Å². The van der Waals surface area contributed by atoms with E-state index in [4.69, 9.17) is 21.1 Å². The second-order valence-electron chi connectivity index (χ2n) is 4.17. The van der Waals surface area contributed by atoms with Gasteiger partial charge in [-0.05, 0) is 38.1 Å². The van der Waals surface area contributed by atoms with Crippen LogP contribution in [0.25, 0.3) is 0 Å². The van der Waals surface area contributed by atoms with E-state index in [0.29, 0.717) is 10.7 Å². The maximum absolute atomic E-state index is 11.8. The van der Waals surface area contributed by atoms with Gasteiger partial charge in [-0.25, -0.2) is 4.79 Å². The minimum atomic E-state index is -0.882. The third-order valence-electron chi connectivity index (χ3n) is 2.45. The van der Waals surface area contributed by atoms with Crippen LogP contribution in [0.1, 0.15) is 20.3 Å². The summed E-state index contributed by atoms with van der Waals surface area (Å²) in [5.74, 6) is -2.14. The summed E-state index contributed by atoms with van der Waals surface area (Å²) in [6.45, 7) is 3.48. The number of carbonyl (C=O) groups is 2. The van der Waals surface area contributed by atoms with Gasteiger partial charge < -0.3 is 14.6 Å². The van der Waals surface area contributed by atoms with Crippen molar-refractivity contribution >= 4 is 29.2 Å². The van der Waals surface area contributed by atoms with E-state index in [1.165, 1.54) is 0 Å². The Morgan fingerprint density at radius 3 is 2.30 bits per heavy atom. The SMILES string of the molecule is CCOC(=O)C/C(O)=C(/N=Nc1ccc(Cl)cc1)C(=O)OCC. The van der Waals surface area contributed by atoms with Gasteiger partial charge in [0, 0.05) is 5.02 Å². The molecule has 0 bridgehead atoms. The quantitative estimate of drug-likeness (QED) is 0.353. The second-order valence-corrected chi connectivity index (χ2v) is 4.61. The number of aliphatic hydroxyl groups is 1. The maximum atomic E-state index is 11.8. The molecule has 1 aromatic rings. The molecule has 1 aromatic carbocycles. The minimum Gasteiger partial charge on any atom is -0.509 e. The summed E-state index contributed by atoms with van der Waals surface area (Å²) in [6, 6.07) is 6.36. The first-order valence-electron chi connectivity index (χ1n) is 6.90. The van der Waals surface area contributed by atoms with E-state index in [-0.39, 0.29) is 13.2 Å². The van der Waals surface area contributed by atoms with E-state index in [2.05, 4.69) is 10.2 Å². The number of nitrogens with zero attached hydrogens (tertiary/aromatic N) is 2. The molecule has 124 valence electrons. The van der Waals surface area contributed by atoms with E-state index < -0.39 is 29.8 Å². The molecular weight excluding hydrogens is 324 g/mol. The zero-order chi connectivity index (χ0) is 17.2.